The number of rotatable bonds is 6. The molecule has 160 valence electrons. The average molecular weight is 418 g/mol. The second-order valence-corrected chi connectivity index (χ2v) is 8.44. The number of ketones is 1. The van der Waals surface area contributed by atoms with E-state index < -0.39 is 5.41 Å². The van der Waals surface area contributed by atoms with Crippen molar-refractivity contribution in [2.75, 3.05) is 26.2 Å². The number of nitriles is 1. The topological polar surface area (TPSA) is 89.3 Å². The summed E-state index contributed by atoms with van der Waals surface area (Å²) in [7, 11) is 0. The van der Waals surface area contributed by atoms with Gasteiger partial charge in [0.05, 0.1) is 17.2 Å². The highest BCUT2D eigenvalue weighted by Gasteiger charge is 2.40. The average Bonchev–Trinajstić information content (AvgIpc) is 3.16. The molecule has 0 fully saturated rings. The van der Waals surface area contributed by atoms with Crippen molar-refractivity contribution in [2.45, 2.75) is 33.1 Å². The molecule has 31 heavy (non-hydrogen) atoms. The quantitative estimate of drug-likeness (QED) is 0.623. The van der Waals surface area contributed by atoms with Crippen molar-refractivity contribution in [3.63, 3.8) is 0 Å². The third-order valence-corrected chi connectivity index (χ3v) is 6.36. The van der Waals surface area contributed by atoms with Crippen LogP contribution in [0.25, 0.3) is 10.9 Å². The summed E-state index contributed by atoms with van der Waals surface area (Å²) in [5, 5.41) is 20.6. The van der Waals surface area contributed by atoms with Crippen molar-refractivity contribution in [3.05, 3.63) is 58.3 Å². The van der Waals surface area contributed by atoms with E-state index in [2.05, 4.69) is 43.6 Å². The number of carbonyl (C=O) groups is 1. The molecule has 6 heteroatoms. The Kier molecular flexibility index (Phi) is 5.24. The monoisotopic (exact) mass is 417 g/mol. The van der Waals surface area contributed by atoms with Crippen molar-refractivity contribution >= 4 is 16.7 Å². The fourth-order valence-electron chi connectivity index (χ4n) is 4.45. The Morgan fingerprint density at radius 1 is 1.19 bits per heavy atom. The molecule has 0 saturated carbocycles. The van der Waals surface area contributed by atoms with Crippen molar-refractivity contribution < 1.29 is 14.6 Å². The summed E-state index contributed by atoms with van der Waals surface area (Å²) in [6.45, 7) is 11.4. The van der Waals surface area contributed by atoms with E-state index in [0.717, 1.165) is 41.8 Å². The Morgan fingerprint density at radius 3 is 2.61 bits per heavy atom. The molecule has 0 atom stereocenters. The van der Waals surface area contributed by atoms with Crippen LogP contribution in [-0.4, -0.2) is 47.0 Å². The van der Waals surface area contributed by atoms with Gasteiger partial charge in [-0.2, -0.15) is 5.26 Å². The Morgan fingerprint density at radius 2 is 1.94 bits per heavy atom. The summed E-state index contributed by atoms with van der Waals surface area (Å²) in [4.78, 5) is 19.0. The van der Waals surface area contributed by atoms with E-state index in [1.54, 1.807) is 18.2 Å². The first-order valence-corrected chi connectivity index (χ1v) is 10.6. The van der Waals surface area contributed by atoms with Crippen molar-refractivity contribution in [3.8, 4) is 17.6 Å². The number of hydrogen-bond acceptors (Lipinski definition) is 5. The maximum absolute atomic E-state index is 13.4. The summed E-state index contributed by atoms with van der Waals surface area (Å²) in [6, 6.07) is 10.8. The molecule has 0 spiro atoms. The Balaban J connectivity index is 1.76. The molecule has 0 saturated heterocycles. The predicted octanol–water partition coefficient (Wildman–Crippen LogP) is 4.34. The molecule has 1 aliphatic rings. The zero-order valence-corrected chi connectivity index (χ0v) is 18.4. The number of aromatic nitrogens is 1. The lowest BCUT2D eigenvalue weighted by molar-refractivity contribution is 0.103. The fraction of sp³-hybridized carbons (Fsp3) is 0.360. The van der Waals surface area contributed by atoms with Gasteiger partial charge in [0, 0.05) is 34.1 Å². The molecule has 1 aromatic heterocycles. The lowest BCUT2D eigenvalue weighted by Gasteiger charge is -2.32. The first-order valence-electron chi connectivity index (χ1n) is 10.6. The number of carbonyl (C=O) groups excluding carboxylic acids is 1. The zero-order chi connectivity index (χ0) is 22.3. The van der Waals surface area contributed by atoms with Gasteiger partial charge in [-0.15, -0.1) is 0 Å². The molecule has 0 amide bonds. The molecule has 6 nitrogen and oxygen atoms in total. The first kappa shape index (κ1) is 21.0. The Bertz CT molecular complexity index is 1210. The second kappa shape index (κ2) is 7.75. The van der Waals surface area contributed by atoms with Gasteiger partial charge in [0.2, 0.25) is 0 Å². The number of benzene rings is 2. The van der Waals surface area contributed by atoms with Gasteiger partial charge in [-0.3, -0.25) is 4.79 Å². The molecular weight excluding hydrogens is 390 g/mol. The lowest BCUT2D eigenvalue weighted by Crippen LogP contribution is -2.30. The van der Waals surface area contributed by atoms with Crippen molar-refractivity contribution in [1.82, 2.24) is 9.88 Å². The molecule has 4 rings (SSSR count). The van der Waals surface area contributed by atoms with Crippen LogP contribution in [0.3, 0.4) is 0 Å². The van der Waals surface area contributed by atoms with E-state index in [1.807, 2.05) is 6.07 Å². The molecule has 2 aromatic carbocycles. The van der Waals surface area contributed by atoms with Gasteiger partial charge in [0.15, 0.2) is 17.3 Å². The highest BCUT2D eigenvalue weighted by Crippen LogP contribution is 2.46. The molecule has 0 radical (unpaired) electrons. The molecule has 3 aromatic rings. The maximum Gasteiger partial charge on any atom is 0.195 e. The van der Waals surface area contributed by atoms with Crippen LogP contribution >= 0.6 is 0 Å². The molecule has 0 bridgehead atoms. The van der Waals surface area contributed by atoms with Crippen LogP contribution in [0, 0.1) is 11.3 Å². The standard InChI is InChI=1S/C25H27N3O3/c1-5-28(6-2)9-10-31-21-13-18-17(12-20(21)29)23(30)22-16-8-7-15(14-26)11-19(16)27-24(22)25(18,3)4/h7-8,11-13,27,29H,5-6,9-10H2,1-4H3. The van der Waals surface area contributed by atoms with Crippen LogP contribution < -0.4 is 4.74 Å². The molecule has 2 N–H and O–H groups in total. The Hall–Kier alpha value is -3.30. The number of H-pyrrole nitrogens is 1. The number of fused-ring (bicyclic) bond motifs is 4. The van der Waals surface area contributed by atoms with Gasteiger partial charge in [-0.25, -0.2) is 0 Å². The van der Waals surface area contributed by atoms with Crippen LogP contribution in [0.15, 0.2) is 30.3 Å². The maximum atomic E-state index is 13.4. The van der Waals surface area contributed by atoms with Gasteiger partial charge in [0.25, 0.3) is 0 Å². The summed E-state index contributed by atoms with van der Waals surface area (Å²) in [5.41, 5.74) is 3.51. The number of aromatic hydroxyl groups is 1. The fourth-order valence-corrected chi connectivity index (χ4v) is 4.45. The number of likely N-dealkylation sites (N-methyl/N-ethyl adjacent to an activating group) is 1. The molecule has 1 aliphatic carbocycles. The van der Waals surface area contributed by atoms with Gasteiger partial charge in [0.1, 0.15) is 6.61 Å². The smallest absolute Gasteiger partial charge is 0.195 e. The van der Waals surface area contributed by atoms with Crippen LogP contribution in [0.5, 0.6) is 11.5 Å². The van der Waals surface area contributed by atoms with Gasteiger partial charge in [-0.05, 0) is 42.9 Å². The minimum atomic E-state index is -0.505. The predicted molar refractivity (Wildman–Crippen MR) is 120 cm³/mol. The summed E-state index contributed by atoms with van der Waals surface area (Å²) < 4.78 is 5.89. The third-order valence-electron chi connectivity index (χ3n) is 6.36. The second-order valence-electron chi connectivity index (χ2n) is 8.44. The highest BCUT2D eigenvalue weighted by atomic mass is 16.5. The summed E-state index contributed by atoms with van der Waals surface area (Å²) >= 11 is 0. The minimum absolute atomic E-state index is 0.0301. The SMILES string of the molecule is CCN(CC)CCOc1cc2c(cc1O)C(=O)c1c([nH]c3cc(C#N)ccc13)C2(C)C. The van der Waals surface area contributed by atoms with Crippen LogP contribution in [0.1, 0.15) is 60.4 Å². The van der Waals surface area contributed by atoms with E-state index in [0.29, 0.717) is 29.0 Å². The number of phenolic OH excluding ortho intramolecular Hbond substituents is 1. The normalized spacial score (nSPS) is 14.4. The van der Waals surface area contributed by atoms with Crippen molar-refractivity contribution in [1.29, 1.82) is 5.26 Å². The molecule has 0 aliphatic heterocycles. The first-order chi connectivity index (χ1) is 14.8. The number of nitrogens with zero attached hydrogens (tertiary/aromatic N) is 2. The van der Waals surface area contributed by atoms with Crippen LogP contribution in [-0.2, 0) is 5.41 Å². The van der Waals surface area contributed by atoms with E-state index >= 15 is 0 Å². The number of nitrogens with one attached hydrogen (secondary N) is 1. The van der Waals surface area contributed by atoms with Gasteiger partial charge >= 0.3 is 0 Å². The number of aromatic amines is 1. The zero-order valence-electron chi connectivity index (χ0n) is 18.4. The molecule has 0 unspecified atom stereocenters. The lowest BCUT2D eigenvalue weighted by atomic mass is 9.71. The number of ether oxygens (including phenoxy) is 1. The van der Waals surface area contributed by atoms with E-state index in [4.69, 9.17) is 4.74 Å². The third kappa shape index (κ3) is 3.35. The van der Waals surface area contributed by atoms with Crippen molar-refractivity contribution in [2.24, 2.45) is 0 Å². The highest BCUT2D eigenvalue weighted by molar-refractivity contribution is 6.20. The Labute approximate surface area is 182 Å². The van der Waals surface area contributed by atoms with Crippen LogP contribution in [0.4, 0.5) is 0 Å². The van der Waals surface area contributed by atoms with Gasteiger partial charge < -0.3 is 19.7 Å². The van der Waals surface area contributed by atoms with E-state index in [1.165, 1.54) is 6.07 Å². The number of phenols is 1. The molecule has 1 heterocycles. The summed E-state index contributed by atoms with van der Waals surface area (Å²) in [6.07, 6.45) is 0. The van der Waals surface area contributed by atoms with E-state index in [9.17, 15) is 15.2 Å². The number of hydrogen-bond donors (Lipinski definition) is 2. The van der Waals surface area contributed by atoms with Crippen LogP contribution in [0.2, 0.25) is 0 Å². The largest absolute Gasteiger partial charge is 0.504 e. The van der Waals surface area contributed by atoms with E-state index in [-0.39, 0.29) is 11.5 Å². The van der Waals surface area contributed by atoms with Gasteiger partial charge in [-0.1, -0.05) is 33.8 Å². The minimum Gasteiger partial charge on any atom is -0.504 e. The molecular formula is C25H27N3O3. The summed E-state index contributed by atoms with van der Waals surface area (Å²) in [5.74, 6) is 0.223.